The van der Waals surface area contributed by atoms with Gasteiger partial charge in [0.05, 0.1) is 18.4 Å². The Bertz CT molecular complexity index is 807. The summed E-state index contributed by atoms with van der Waals surface area (Å²) in [6.45, 7) is 0.693. The highest BCUT2D eigenvalue weighted by Gasteiger charge is 2.22. The van der Waals surface area contributed by atoms with Gasteiger partial charge < -0.3 is 10.0 Å². The molecule has 0 fully saturated rings. The molecule has 2 aromatic heterocycles. The molecule has 23 heavy (non-hydrogen) atoms. The summed E-state index contributed by atoms with van der Waals surface area (Å²) in [5.41, 5.74) is 1.07. The minimum Gasteiger partial charge on any atom is -0.481 e. The lowest BCUT2D eigenvalue weighted by Gasteiger charge is -2.15. The Kier molecular flexibility index (Phi) is 4.50. The molecule has 7 heteroatoms. The molecule has 2 aromatic rings. The molecule has 0 aliphatic heterocycles. The second-order valence-electron chi connectivity index (χ2n) is 6.26. The number of aromatic nitrogens is 2. The van der Waals surface area contributed by atoms with Crippen LogP contribution in [0.3, 0.4) is 0 Å². The Labute approximate surface area is 138 Å². The maximum atomic E-state index is 13.0. The van der Waals surface area contributed by atoms with E-state index in [1.807, 2.05) is 19.0 Å². The van der Waals surface area contributed by atoms with E-state index in [2.05, 4.69) is 0 Å². The summed E-state index contributed by atoms with van der Waals surface area (Å²) in [6.07, 6.45) is 4.15. The van der Waals surface area contributed by atoms with Crippen molar-refractivity contribution in [2.45, 2.75) is 45.2 Å². The van der Waals surface area contributed by atoms with Gasteiger partial charge in [-0.3, -0.25) is 14.2 Å². The topological polar surface area (TPSA) is 75.4 Å². The maximum Gasteiger partial charge on any atom is 0.305 e. The van der Waals surface area contributed by atoms with Gasteiger partial charge in [0.1, 0.15) is 10.7 Å². The van der Waals surface area contributed by atoms with Crippen molar-refractivity contribution in [2.75, 3.05) is 14.1 Å². The summed E-state index contributed by atoms with van der Waals surface area (Å²) in [7, 11) is 3.83. The van der Waals surface area contributed by atoms with Crippen LogP contribution in [0.2, 0.25) is 0 Å². The fourth-order valence-electron chi connectivity index (χ4n) is 3.12. The van der Waals surface area contributed by atoms with Crippen molar-refractivity contribution in [3.05, 3.63) is 26.6 Å². The summed E-state index contributed by atoms with van der Waals surface area (Å²) in [5, 5.41) is 9.68. The van der Waals surface area contributed by atoms with E-state index in [0.717, 1.165) is 41.5 Å². The molecule has 0 spiro atoms. The van der Waals surface area contributed by atoms with Crippen LogP contribution in [0.1, 0.15) is 35.5 Å². The highest BCUT2D eigenvalue weighted by molar-refractivity contribution is 7.18. The van der Waals surface area contributed by atoms with Crippen molar-refractivity contribution in [3.63, 3.8) is 0 Å². The minimum atomic E-state index is -0.903. The van der Waals surface area contributed by atoms with Crippen LogP contribution < -0.4 is 5.56 Å². The van der Waals surface area contributed by atoms with Crippen LogP contribution in [0.4, 0.5) is 0 Å². The molecular formula is C16H21N3O3S. The zero-order valence-electron chi connectivity index (χ0n) is 13.5. The van der Waals surface area contributed by atoms with Gasteiger partial charge in [0.25, 0.3) is 5.56 Å². The Morgan fingerprint density at radius 2 is 2.09 bits per heavy atom. The Hall–Kier alpha value is -1.73. The highest BCUT2D eigenvalue weighted by Crippen LogP contribution is 2.33. The molecule has 0 atom stereocenters. The average molecular weight is 335 g/mol. The third-order valence-electron chi connectivity index (χ3n) is 4.16. The second kappa shape index (κ2) is 6.41. The Morgan fingerprint density at radius 3 is 2.78 bits per heavy atom. The predicted molar refractivity (Wildman–Crippen MR) is 90.2 cm³/mol. The lowest BCUT2D eigenvalue weighted by molar-refractivity contribution is -0.137. The van der Waals surface area contributed by atoms with Gasteiger partial charge in [-0.05, 0) is 45.3 Å². The average Bonchev–Trinajstić information content (AvgIpc) is 2.84. The van der Waals surface area contributed by atoms with Gasteiger partial charge in [-0.2, -0.15) is 0 Å². The molecule has 0 aromatic carbocycles. The number of aryl methyl sites for hydroxylation is 2. The summed E-state index contributed by atoms with van der Waals surface area (Å²) in [4.78, 5) is 32.7. The number of rotatable bonds is 5. The number of nitrogens with zero attached hydrogens (tertiary/aromatic N) is 3. The molecule has 0 amide bonds. The number of carbonyl (C=O) groups is 1. The first-order valence-corrected chi connectivity index (χ1v) is 8.69. The SMILES string of the molecule is CN(C)Cc1nc2sc3c(c2c(=O)n1CCC(=O)O)CCCC3. The Morgan fingerprint density at radius 1 is 1.35 bits per heavy atom. The van der Waals surface area contributed by atoms with Crippen LogP contribution in [0.5, 0.6) is 0 Å². The number of hydrogen-bond acceptors (Lipinski definition) is 5. The number of hydrogen-bond donors (Lipinski definition) is 1. The molecular weight excluding hydrogens is 314 g/mol. The largest absolute Gasteiger partial charge is 0.481 e. The van der Waals surface area contributed by atoms with E-state index >= 15 is 0 Å². The summed E-state index contributed by atoms with van der Waals surface area (Å²) in [6, 6.07) is 0. The van der Waals surface area contributed by atoms with Crippen LogP contribution in [0.15, 0.2) is 4.79 Å². The predicted octanol–water partition coefficient (Wildman–Crippen LogP) is 1.87. The summed E-state index contributed by atoms with van der Waals surface area (Å²) < 4.78 is 1.55. The van der Waals surface area contributed by atoms with Crippen molar-refractivity contribution in [1.82, 2.24) is 14.5 Å². The monoisotopic (exact) mass is 335 g/mol. The van der Waals surface area contributed by atoms with E-state index in [0.29, 0.717) is 12.4 Å². The van der Waals surface area contributed by atoms with Crippen molar-refractivity contribution >= 4 is 27.5 Å². The summed E-state index contributed by atoms with van der Waals surface area (Å²) in [5.74, 6) is -0.257. The molecule has 0 unspecified atom stereocenters. The first-order valence-electron chi connectivity index (χ1n) is 7.88. The molecule has 3 rings (SSSR count). The van der Waals surface area contributed by atoms with Crippen LogP contribution in [-0.2, 0) is 30.7 Å². The molecule has 1 aliphatic rings. The van der Waals surface area contributed by atoms with E-state index in [4.69, 9.17) is 10.1 Å². The van der Waals surface area contributed by atoms with Gasteiger partial charge in [0, 0.05) is 11.4 Å². The molecule has 0 saturated carbocycles. The smallest absolute Gasteiger partial charge is 0.305 e. The lowest BCUT2D eigenvalue weighted by Crippen LogP contribution is -2.29. The zero-order valence-corrected chi connectivity index (χ0v) is 14.3. The molecule has 0 saturated heterocycles. The third kappa shape index (κ3) is 3.16. The van der Waals surface area contributed by atoms with Gasteiger partial charge in [-0.1, -0.05) is 0 Å². The zero-order chi connectivity index (χ0) is 16.6. The number of carboxylic acids is 1. The summed E-state index contributed by atoms with van der Waals surface area (Å²) >= 11 is 1.63. The van der Waals surface area contributed by atoms with Crippen molar-refractivity contribution in [3.8, 4) is 0 Å². The molecule has 1 aliphatic carbocycles. The fraction of sp³-hybridized carbons (Fsp3) is 0.562. The van der Waals surface area contributed by atoms with E-state index in [-0.39, 0.29) is 18.5 Å². The highest BCUT2D eigenvalue weighted by atomic mass is 32.1. The van der Waals surface area contributed by atoms with E-state index in [1.165, 1.54) is 4.88 Å². The van der Waals surface area contributed by atoms with Gasteiger partial charge >= 0.3 is 5.97 Å². The van der Waals surface area contributed by atoms with E-state index in [1.54, 1.807) is 15.9 Å². The first-order chi connectivity index (χ1) is 11.0. The van der Waals surface area contributed by atoms with Gasteiger partial charge in [0.15, 0.2) is 0 Å². The van der Waals surface area contributed by atoms with Crippen molar-refractivity contribution in [1.29, 1.82) is 0 Å². The second-order valence-corrected chi connectivity index (χ2v) is 7.34. The number of thiophene rings is 1. The quantitative estimate of drug-likeness (QED) is 0.903. The number of aliphatic carboxylic acids is 1. The Balaban J connectivity index is 2.17. The van der Waals surface area contributed by atoms with Crippen LogP contribution in [0.25, 0.3) is 10.2 Å². The maximum absolute atomic E-state index is 13.0. The van der Waals surface area contributed by atoms with Gasteiger partial charge in [-0.15, -0.1) is 11.3 Å². The van der Waals surface area contributed by atoms with Crippen LogP contribution in [0, 0.1) is 0 Å². The van der Waals surface area contributed by atoms with Crippen LogP contribution in [-0.4, -0.2) is 39.6 Å². The number of carboxylic acid groups (broad SMARTS) is 1. The fourth-order valence-corrected chi connectivity index (χ4v) is 4.39. The molecule has 1 N–H and O–H groups in total. The van der Waals surface area contributed by atoms with Gasteiger partial charge in [-0.25, -0.2) is 4.98 Å². The molecule has 6 nitrogen and oxygen atoms in total. The van der Waals surface area contributed by atoms with E-state index < -0.39 is 5.97 Å². The lowest BCUT2D eigenvalue weighted by atomic mass is 9.97. The molecule has 0 bridgehead atoms. The van der Waals surface area contributed by atoms with Gasteiger partial charge in [0.2, 0.25) is 0 Å². The minimum absolute atomic E-state index is 0.0696. The number of fused-ring (bicyclic) bond motifs is 3. The molecule has 2 heterocycles. The standard InChI is InChI=1S/C16H21N3O3S/c1-18(2)9-12-17-15-14(10-5-3-4-6-11(10)23-15)16(22)19(12)8-7-13(20)21/h3-9H2,1-2H3,(H,20,21). The normalized spacial score (nSPS) is 14.4. The molecule has 0 radical (unpaired) electrons. The van der Waals surface area contributed by atoms with E-state index in [9.17, 15) is 9.59 Å². The van der Waals surface area contributed by atoms with Crippen molar-refractivity contribution in [2.24, 2.45) is 0 Å². The van der Waals surface area contributed by atoms with Crippen LogP contribution >= 0.6 is 11.3 Å². The van der Waals surface area contributed by atoms with Crippen molar-refractivity contribution < 1.29 is 9.90 Å². The molecule has 124 valence electrons. The third-order valence-corrected chi connectivity index (χ3v) is 5.35. The first kappa shape index (κ1) is 16.1.